The first-order valence-corrected chi connectivity index (χ1v) is 6.01. The highest BCUT2D eigenvalue weighted by molar-refractivity contribution is 5.33. The number of nitrogens with zero attached hydrogens (tertiary/aromatic N) is 2. The summed E-state index contributed by atoms with van der Waals surface area (Å²) < 4.78 is 55.3. The molecule has 0 radical (unpaired) electrons. The molecule has 2 rings (SSSR count). The highest BCUT2D eigenvalue weighted by atomic mass is 19.3. The van der Waals surface area contributed by atoms with Crippen LogP contribution in [0.1, 0.15) is 22.7 Å². The van der Waals surface area contributed by atoms with Crippen molar-refractivity contribution in [2.75, 3.05) is 0 Å². The third-order valence-corrected chi connectivity index (χ3v) is 3.02. The molecule has 0 amide bonds. The van der Waals surface area contributed by atoms with Crippen LogP contribution in [-0.4, -0.2) is 4.98 Å². The number of pyridine rings is 1. The Balaban J connectivity index is 2.49. The van der Waals surface area contributed by atoms with Crippen LogP contribution in [0.4, 0.5) is 17.6 Å². The van der Waals surface area contributed by atoms with E-state index in [9.17, 15) is 17.6 Å². The molecule has 108 valence electrons. The molecule has 1 aromatic heterocycles. The molecule has 0 aliphatic rings. The fraction of sp³-hybridized carbons (Fsp3) is 0.200. The maximum absolute atomic E-state index is 14.4. The van der Waals surface area contributed by atoms with E-state index in [-0.39, 0.29) is 0 Å². The molecule has 0 saturated heterocycles. The van der Waals surface area contributed by atoms with Gasteiger partial charge in [0.25, 0.3) is 0 Å². The van der Waals surface area contributed by atoms with Gasteiger partial charge in [-0.15, -0.1) is 0 Å². The first-order valence-electron chi connectivity index (χ1n) is 6.01. The van der Waals surface area contributed by atoms with Crippen LogP contribution in [0.2, 0.25) is 0 Å². The van der Waals surface area contributed by atoms with Gasteiger partial charge in [-0.05, 0) is 24.6 Å². The summed E-state index contributed by atoms with van der Waals surface area (Å²) in [6, 6.07) is 6.04. The average molecular weight is 294 g/mol. The van der Waals surface area contributed by atoms with Gasteiger partial charge in [-0.2, -0.15) is 14.0 Å². The molecule has 2 aromatic rings. The van der Waals surface area contributed by atoms with Crippen LogP contribution in [0.3, 0.4) is 0 Å². The number of hydrogen-bond donors (Lipinski definition) is 0. The number of benzene rings is 1. The molecule has 0 bridgehead atoms. The zero-order valence-corrected chi connectivity index (χ0v) is 10.9. The van der Waals surface area contributed by atoms with Crippen LogP contribution in [0.5, 0.6) is 0 Å². The Morgan fingerprint density at radius 3 is 2.43 bits per heavy atom. The molecule has 0 aliphatic carbocycles. The van der Waals surface area contributed by atoms with E-state index in [0.29, 0.717) is 11.6 Å². The maximum Gasteiger partial charge on any atom is 0.309 e. The Bertz CT molecular complexity index is 690. The van der Waals surface area contributed by atoms with Crippen molar-refractivity contribution in [3.63, 3.8) is 0 Å². The van der Waals surface area contributed by atoms with Gasteiger partial charge >= 0.3 is 5.92 Å². The highest BCUT2D eigenvalue weighted by Gasteiger charge is 2.45. The van der Waals surface area contributed by atoms with E-state index in [1.165, 1.54) is 18.3 Å². The Kier molecular flexibility index (Phi) is 3.94. The van der Waals surface area contributed by atoms with E-state index in [2.05, 4.69) is 4.98 Å². The average Bonchev–Trinajstić information content (AvgIpc) is 2.42. The lowest BCUT2D eigenvalue weighted by molar-refractivity contribution is -0.0227. The second-order valence-corrected chi connectivity index (χ2v) is 4.57. The molecule has 1 aromatic carbocycles. The van der Waals surface area contributed by atoms with Crippen LogP contribution in [-0.2, 0) is 5.92 Å². The predicted octanol–water partition coefficient (Wildman–Crippen LogP) is 4.07. The predicted molar refractivity (Wildman–Crippen MR) is 67.6 cm³/mol. The molecular weight excluding hydrogens is 284 g/mol. The van der Waals surface area contributed by atoms with Gasteiger partial charge in [0.15, 0.2) is 0 Å². The van der Waals surface area contributed by atoms with Crippen molar-refractivity contribution in [2.24, 2.45) is 0 Å². The summed E-state index contributed by atoms with van der Waals surface area (Å²) >= 11 is 0. The number of nitriles is 1. The van der Waals surface area contributed by atoms with E-state index in [0.717, 1.165) is 18.2 Å². The Hall–Kier alpha value is -2.42. The Morgan fingerprint density at radius 1 is 1.19 bits per heavy atom. The lowest BCUT2D eigenvalue weighted by Gasteiger charge is -2.21. The minimum absolute atomic E-state index is 0.471. The lowest BCUT2D eigenvalue weighted by atomic mass is 9.91. The first-order chi connectivity index (χ1) is 9.86. The molecule has 6 heteroatoms. The summed E-state index contributed by atoms with van der Waals surface area (Å²) in [7, 11) is 0. The quantitative estimate of drug-likeness (QED) is 0.800. The molecule has 0 aliphatic heterocycles. The molecular formula is C15H10F4N2. The van der Waals surface area contributed by atoms with Gasteiger partial charge in [0.1, 0.15) is 23.2 Å². The van der Waals surface area contributed by atoms with E-state index in [4.69, 9.17) is 5.26 Å². The van der Waals surface area contributed by atoms with Crippen molar-refractivity contribution in [1.82, 2.24) is 4.98 Å². The largest absolute Gasteiger partial charge is 0.309 e. The molecule has 1 unspecified atom stereocenters. The highest BCUT2D eigenvalue weighted by Crippen LogP contribution is 2.41. The van der Waals surface area contributed by atoms with E-state index in [1.807, 2.05) is 0 Å². The van der Waals surface area contributed by atoms with Crippen molar-refractivity contribution in [2.45, 2.75) is 18.8 Å². The normalized spacial score (nSPS) is 12.8. The van der Waals surface area contributed by atoms with E-state index >= 15 is 0 Å². The Labute approximate surface area is 118 Å². The number of aryl methyl sites for hydroxylation is 1. The van der Waals surface area contributed by atoms with Crippen LogP contribution in [0.25, 0.3) is 0 Å². The van der Waals surface area contributed by atoms with Crippen molar-refractivity contribution in [3.05, 3.63) is 65.0 Å². The van der Waals surface area contributed by atoms with Crippen LogP contribution in [0, 0.1) is 29.9 Å². The molecule has 0 fully saturated rings. The zero-order chi connectivity index (χ0) is 15.6. The summed E-state index contributed by atoms with van der Waals surface area (Å²) in [6.45, 7) is 1.68. The molecule has 2 nitrogen and oxygen atoms in total. The van der Waals surface area contributed by atoms with E-state index < -0.39 is 34.7 Å². The number of aromatic nitrogens is 1. The summed E-state index contributed by atoms with van der Waals surface area (Å²) in [6.07, 6.45) is 1.23. The van der Waals surface area contributed by atoms with Gasteiger partial charge in [-0.1, -0.05) is 12.1 Å². The summed E-state index contributed by atoms with van der Waals surface area (Å²) in [4.78, 5) is 3.59. The molecule has 0 spiro atoms. The molecule has 21 heavy (non-hydrogen) atoms. The summed E-state index contributed by atoms with van der Waals surface area (Å²) in [5, 5.41) is 9.01. The third-order valence-electron chi connectivity index (χ3n) is 3.02. The number of halogens is 4. The number of hydrogen-bond acceptors (Lipinski definition) is 2. The topological polar surface area (TPSA) is 36.7 Å². The third kappa shape index (κ3) is 2.87. The van der Waals surface area contributed by atoms with Gasteiger partial charge in [-0.3, -0.25) is 4.98 Å². The minimum Gasteiger partial charge on any atom is -0.255 e. The van der Waals surface area contributed by atoms with Crippen molar-refractivity contribution < 1.29 is 17.6 Å². The van der Waals surface area contributed by atoms with Crippen molar-refractivity contribution in [3.8, 4) is 6.07 Å². The monoisotopic (exact) mass is 294 g/mol. The number of alkyl halides is 2. The van der Waals surface area contributed by atoms with E-state index in [1.54, 1.807) is 6.92 Å². The molecule has 1 atom stereocenters. The second kappa shape index (κ2) is 5.52. The fourth-order valence-electron chi connectivity index (χ4n) is 1.89. The lowest BCUT2D eigenvalue weighted by Crippen LogP contribution is -2.25. The van der Waals surface area contributed by atoms with Gasteiger partial charge in [-0.25, -0.2) is 8.78 Å². The van der Waals surface area contributed by atoms with Crippen LogP contribution in [0.15, 0.2) is 36.5 Å². The van der Waals surface area contributed by atoms with Gasteiger partial charge in [0.2, 0.25) is 0 Å². The van der Waals surface area contributed by atoms with Crippen molar-refractivity contribution >= 4 is 0 Å². The Morgan fingerprint density at radius 2 is 1.90 bits per heavy atom. The second-order valence-electron chi connectivity index (χ2n) is 4.57. The van der Waals surface area contributed by atoms with Gasteiger partial charge in [0.05, 0.1) is 6.07 Å². The fourth-order valence-corrected chi connectivity index (χ4v) is 1.89. The molecule has 0 saturated carbocycles. The summed E-state index contributed by atoms with van der Waals surface area (Å²) in [5.41, 5.74) is -0.523. The van der Waals surface area contributed by atoms with Gasteiger partial charge in [0, 0.05) is 17.8 Å². The zero-order valence-electron chi connectivity index (χ0n) is 10.9. The van der Waals surface area contributed by atoms with Crippen molar-refractivity contribution in [1.29, 1.82) is 5.26 Å². The minimum atomic E-state index is -3.69. The standard InChI is InChI=1S/C15H10F4N2/c1-9-2-5-14(21-8-9)15(18,19)12(7-20)11-4-3-10(16)6-13(11)17/h2-6,8,12H,1H3. The molecule has 1 heterocycles. The SMILES string of the molecule is Cc1ccc(C(F)(F)C(C#N)c2ccc(F)cc2F)nc1. The van der Waals surface area contributed by atoms with Crippen LogP contribution >= 0.6 is 0 Å². The summed E-state index contributed by atoms with van der Waals surface area (Å²) in [5.74, 6) is -7.87. The molecule has 0 N–H and O–H groups in total. The van der Waals surface area contributed by atoms with Gasteiger partial charge < -0.3 is 0 Å². The smallest absolute Gasteiger partial charge is 0.255 e. The maximum atomic E-state index is 14.4. The van der Waals surface area contributed by atoms with Crippen LogP contribution < -0.4 is 0 Å². The first kappa shape index (κ1) is 15.0. The number of rotatable bonds is 3.